The van der Waals surface area contributed by atoms with Crippen LogP contribution in [0.1, 0.15) is 28.8 Å². The molecule has 0 aliphatic heterocycles. The van der Waals surface area contributed by atoms with Gasteiger partial charge in [-0.25, -0.2) is 9.18 Å². The van der Waals surface area contributed by atoms with E-state index in [9.17, 15) is 14.0 Å². The van der Waals surface area contributed by atoms with E-state index in [0.29, 0.717) is 17.0 Å². The first-order chi connectivity index (χ1) is 9.52. The Morgan fingerprint density at radius 2 is 2.25 bits per heavy atom. The maximum absolute atomic E-state index is 14.2. The van der Waals surface area contributed by atoms with Crippen LogP contribution in [0.15, 0.2) is 29.3 Å². The van der Waals surface area contributed by atoms with Gasteiger partial charge in [0.25, 0.3) is 0 Å². The standard InChI is InChI=1S/C15H14ClFO3/c1-20-15(19)12-4-2-3-10(14(12)17)7-9-5-6-11(16)8-13(9)18/h2-4,6,9H,5,7-8H2,1H3. The van der Waals surface area contributed by atoms with Crippen LogP contribution in [0.4, 0.5) is 4.39 Å². The molecule has 3 nitrogen and oxygen atoms in total. The van der Waals surface area contributed by atoms with Crippen molar-refractivity contribution in [3.63, 3.8) is 0 Å². The van der Waals surface area contributed by atoms with E-state index in [2.05, 4.69) is 4.74 Å². The second-order valence-corrected chi connectivity index (χ2v) is 5.19. The Hall–Kier alpha value is -1.68. The van der Waals surface area contributed by atoms with Crippen LogP contribution in [0.2, 0.25) is 0 Å². The Kier molecular flexibility index (Phi) is 4.55. The van der Waals surface area contributed by atoms with Gasteiger partial charge >= 0.3 is 5.97 Å². The summed E-state index contributed by atoms with van der Waals surface area (Å²) in [4.78, 5) is 23.3. The predicted octanol–water partition coefficient (Wildman–Crippen LogP) is 3.26. The van der Waals surface area contributed by atoms with Gasteiger partial charge in [0.1, 0.15) is 11.6 Å². The zero-order valence-electron chi connectivity index (χ0n) is 11.0. The van der Waals surface area contributed by atoms with E-state index < -0.39 is 11.8 Å². The van der Waals surface area contributed by atoms with Gasteiger partial charge in [-0.15, -0.1) is 0 Å². The van der Waals surface area contributed by atoms with E-state index in [1.807, 2.05) is 0 Å². The molecule has 0 saturated carbocycles. The third-order valence-electron chi connectivity index (χ3n) is 3.37. The van der Waals surface area contributed by atoms with Crippen LogP contribution >= 0.6 is 11.6 Å². The van der Waals surface area contributed by atoms with E-state index in [-0.39, 0.29) is 30.1 Å². The van der Waals surface area contributed by atoms with Crippen molar-refractivity contribution in [2.75, 3.05) is 7.11 Å². The summed E-state index contributed by atoms with van der Waals surface area (Å²) >= 11 is 5.80. The van der Waals surface area contributed by atoms with Crippen LogP contribution in [0.3, 0.4) is 0 Å². The van der Waals surface area contributed by atoms with Gasteiger partial charge in [-0.1, -0.05) is 29.8 Å². The maximum atomic E-state index is 14.2. The molecule has 1 aromatic carbocycles. The normalized spacial score (nSPS) is 18.6. The molecule has 0 bridgehead atoms. The SMILES string of the molecule is COC(=O)c1cccc(CC2CC=C(Cl)CC2=O)c1F. The second-order valence-electron chi connectivity index (χ2n) is 4.70. The topological polar surface area (TPSA) is 43.4 Å². The van der Waals surface area contributed by atoms with Gasteiger partial charge in [-0.05, 0) is 24.5 Å². The Morgan fingerprint density at radius 1 is 1.50 bits per heavy atom. The molecule has 2 rings (SSSR count). The van der Waals surface area contributed by atoms with Crippen LogP contribution in [-0.4, -0.2) is 18.9 Å². The van der Waals surface area contributed by atoms with Crippen LogP contribution in [0.25, 0.3) is 0 Å². The van der Waals surface area contributed by atoms with E-state index >= 15 is 0 Å². The molecule has 1 aliphatic carbocycles. The molecule has 1 atom stereocenters. The molecule has 0 saturated heterocycles. The number of methoxy groups -OCH3 is 1. The highest BCUT2D eigenvalue weighted by molar-refractivity contribution is 6.31. The van der Waals surface area contributed by atoms with Gasteiger partial charge in [0, 0.05) is 17.4 Å². The molecule has 0 N–H and O–H groups in total. The Bertz CT molecular complexity index is 580. The number of benzene rings is 1. The quantitative estimate of drug-likeness (QED) is 0.804. The van der Waals surface area contributed by atoms with Gasteiger partial charge in [0.05, 0.1) is 12.7 Å². The molecule has 106 valence electrons. The molecule has 0 radical (unpaired) electrons. The minimum atomic E-state index is -0.720. The third-order valence-corrected chi connectivity index (χ3v) is 3.66. The number of ether oxygens (including phenoxy) is 1. The van der Waals surface area contributed by atoms with Crippen molar-refractivity contribution in [1.29, 1.82) is 0 Å². The van der Waals surface area contributed by atoms with Crippen molar-refractivity contribution in [2.24, 2.45) is 5.92 Å². The number of hydrogen-bond donors (Lipinski definition) is 0. The lowest BCUT2D eigenvalue weighted by Crippen LogP contribution is -2.20. The summed E-state index contributed by atoms with van der Waals surface area (Å²) in [6.45, 7) is 0. The zero-order chi connectivity index (χ0) is 14.7. The zero-order valence-corrected chi connectivity index (χ0v) is 11.7. The number of esters is 1. The Balaban J connectivity index is 2.22. The summed E-state index contributed by atoms with van der Waals surface area (Å²) in [5.41, 5.74) is 0.236. The lowest BCUT2D eigenvalue weighted by atomic mass is 9.86. The van der Waals surface area contributed by atoms with Crippen molar-refractivity contribution < 1.29 is 18.7 Å². The van der Waals surface area contributed by atoms with E-state index in [4.69, 9.17) is 11.6 Å². The van der Waals surface area contributed by atoms with Crippen molar-refractivity contribution in [3.05, 3.63) is 46.3 Å². The van der Waals surface area contributed by atoms with Crippen molar-refractivity contribution in [1.82, 2.24) is 0 Å². The van der Waals surface area contributed by atoms with Crippen molar-refractivity contribution in [2.45, 2.75) is 19.3 Å². The average Bonchev–Trinajstić information content (AvgIpc) is 2.43. The monoisotopic (exact) mass is 296 g/mol. The molecular formula is C15H14ClFO3. The number of ketones is 1. The van der Waals surface area contributed by atoms with E-state index in [1.54, 1.807) is 18.2 Å². The predicted molar refractivity (Wildman–Crippen MR) is 73.1 cm³/mol. The molecule has 1 unspecified atom stereocenters. The van der Waals surface area contributed by atoms with Crippen LogP contribution in [0, 0.1) is 11.7 Å². The first kappa shape index (κ1) is 14.7. The fourth-order valence-electron chi connectivity index (χ4n) is 2.25. The summed E-state index contributed by atoms with van der Waals surface area (Å²) in [5, 5.41) is 0.537. The maximum Gasteiger partial charge on any atom is 0.340 e. The summed E-state index contributed by atoms with van der Waals surface area (Å²) in [6, 6.07) is 4.53. The summed E-state index contributed by atoms with van der Waals surface area (Å²) in [7, 11) is 1.20. The molecule has 0 heterocycles. The molecule has 0 amide bonds. The summed E-state index contributed by atoms with van der Waals surface area (Å²) in [5.74, 6) is -1.63. The van der Waals surface area contributed by atoms with Crippen molar-refractivity contribution in [3.8, 4) is 0 Å². The fourth-order valence-corrected chi connectivity index (χ4v) is 2.47. The van der Waals surface area contributed by atoms with Crippen molar-refractivity contribution >= 4 is 23.4 Å². The first-order valence-electron chi connectivity index (χ1n) is 6.26. The number of Topliss-reactive ketones (excluding diaryl/α,β-unsaturated/α-hetero) is 1. The first-order valence-corrected chi connectivity index (χ1v) is 6.63. The largest absolute Gasteiger partial charge is 0.465 e. The number of halogens is 2. The second kappa shape index (κ2) is 6.18. The summed E-state index contributed by atoms with van der Waals surface area (Å²) < 4.78 is 18.7. The highest BCUT2D eigenvalue weighted by Crippen LogP contribution is 2.27. The fraction of sp³-hybridized carbons (Fsp3) is 0.333. The molecule has 20 heavy (non-hydrogen) atoms. The minimum Gasteiger partial charge on any atom is -0.465 e. The van der Waals surface area contributed by atoms with Gasteiger partial charge in [-0.3, -0.25) is 4.79 Å². The number of carbonyl (C=O) groups excluding carboxylic acids is 2. The highest BCUT2D eigenvalue weighted by Gasteiger charge is 2.25. The molecular weight excluding hydrogens is 283 g/mol. The van der Waals surface area contributed by atoms with Crippen LogP contribution in [0.5, 0.6) is 0 Å². The van der Waals surface area contributed by atoms with Crippen LogP contribution in [-0.2, 0) is 16.0 Å². The molecule has 1 aromatic rings. The Labute approximate surface area is 121 Å². The Morgan fingerprint density at radius 3 is 2.90 bits per heavy atom. The van der Waals surface area contributed by atoms with E-state index in [1.165, 1.54) is 13.2 Å². The molecule has 0 fully saturated rings. The number of allylic oxidation sites excluding steroid dienone is 2. The number of hydrogen-bond acceptors (Lipinski definition) is 3. The number of rotatable bonds is 3. The van der Waals surface area contributed by atoms with Gasteiger partial charge in [-0.2, -0.15) is 0 Å². The smallest absolute Gasteiger partial charge is 0.340 e. The van der Waals surface area contributed by atoms with Crippen LogP contribution < -0.4 is 0 Å². The molecule has 0 aromatic heterocycles. The molecule has 1 aliphatic rings. The van der Waals surface area contributed by atoms with Gasteiger partial charge < -0.3 is 4.74 Å². The molecule has 5 heteroatoms. The van der Waals surface area contributed by atoms with Gasteiger partial charge in [0.15, 0.2) is 0 Å². The number of carbonyl (C=O) groups is 2. The minimum absolute atomic E-state index is 0.000344. The highest BCUT2D eigenvalue weighted by atomic mass is 35.5. The van der Waals surface area contributed by atoms with E-state index in [0.717, 1.165) is 0 Å². The average molecular weight is 297 g/mol. The summed E-state index contributed by atoms with van der Waals surface area (Å²) in [6.07, 6.45) is 2.75. The van der Waals surface area contributed by atoms with Gasteiger partial charge in [0.2, 0.25) is 0 Å². The lowest BCUT2D eigenvalue weighted by Gasteiger charge is -2.19. The lowest BCUT2D eigenvalue weighted by molar-refractivity contribution is -0.122. The third kappa shape index (κ3) is 3.07. The molecule has 0 spiro atoms.